The Morgan fingerprint density at radius 3 is 1.91 bits per heavy atom. The molecule has 2 nitrogen and oxygen atoms in total. The number of rotatable bonds is 2. The van der Waals surface area contributed by atoms with Gasteiger partial charge in [0, 0.05) is 27.5 Å². The number of halogens is 2. The second-order valence-electron chi connectivity index (χ2n) is 13.0. The summed E-state index contributed by atoms with van der Waals surface area (Å²) in [6, 6.07) is 10.2. The monoisotopic (exact) mass is 442 g/mol. The topological polar surface area (TPSA) is 15.3 Å². The molecular weight excluding hydrogens is 402 g/mol. The van der Waals surface area contributed by atoms with Crippen LogP contribution in [0.3, 0.4) is 0 Å². The van der Waals surface area contributed by atoms with Gasteiger partial charge in [0.2, 0.25) is 0 Å². The average Bonchev–Trinajstić information content (AvgIpc) is 2.63. The molecule has 0 saturated carbocycles. The number of hydrogen-bond acceptors (Lipinski definition) is 2. The van der Waals surface area contributed by atoms with E-state index in [1.807, 2.05) is 39.8 Å². The lowest BCUT2D eigenvalue weighted by Gasteiger charge is -2.50. The molecule has 176 valence electrons. The van der Waals surface area contributed by atoms with Crippen molar-refractivity contribution < 1.29 is 8.87 Å². The summed E-state index contributed by atoms with van der Waals surface area (Å²) in [7, 11) is 0. The van der Waals surface area contributed by atoms with Crippen LogP contribution < -0.4 is 5.32 Å². The molecule has 2 aliphatic heterocycles. The molecule has 32 heavy (non-hydrogen) atoms. The number of fused-ring (bicyclic) bond motifs is 1. The Labute approximate surface area is 192 Å². The van der Waals surface area contributed by atoms with E-state index < -0.39 is 11.1 Å². The van der Waals surface area contributed by atoms with E-state index in [0.717, 1.165) is 41.8 Å². The van der Waals surface area contributed by atoms with Gasteiger partial charge in [-0.2, -0.15) is 0 Å². The van der Waals surface area contributed by atoms with Crippen LogP contribution in [0, 0.1) is 5.82 Å². The van der Waals surface area contributed by atoms with Crippen LogP contribution in [0.5, 0.6) is 0 Å². The van der Waals surface area contributed by atoms with Crippen LogP contribution in [0.25, 0.3) is 10.8 Å². The Morgan fingerprint density at radius 1 is 0.781 bits per heavy atom. The van der Waals surface area contributed by atoms with Gasteiger partial charge in [-0.25, -0.2) is 4.39 Å². The van der Waals surface area contributed by atoms with Crippen molar-refractivity contribution >= 4 is 10.8 Å². The third-order valence-corrected chi connectivity index (χ3v) is 7.66. The Kier molecular flexibility index (Phi) is 5.54. The molecule has 1 N–H and O–H groups in total. The second kappa shape index (κ2) is 7.50. The van der Waals surface area contributed by atoms with Crippen LogP contribution in [0.15, 0.2) is 30.3 Å². The summed E-state index contributed by atoms with van der Waals surface area (Å²) in [5, 5.41) is 6.35. The van der Waals surface area contributed by atoms with Crippen molar-refractivity contribution in [1.82, 2.24) is 10.4 Å². The van der Waals surface area contributed by atoms with E-state index >= 15 is 4.39 Å². The summed E-state index contributed by atoms with van der Waals surface area (Å²) >= 11 is 0. The lowest BCUT2D eigenvalue weighted by Crippen LogP contribution is -2.57. The van der Waals surface area contributed by atoms with E-state index in [0.29, 0.717) is 5.39 Å². The predicted molar refractivity (Wildman–Crippen MR) is 130 cm³/mol. The zero-order chi connectivity index (χ0) is 23.7. The molecule has 0 aliphatic carbocycles. The lowest BCUT2D eigenvalue weighted by molar-refractivity contribution is -0.173. The van der Waals surface area contributed by atoms with E-state index in [1.54, 1.807) is 0 Å². The van der Waals surface area contributed by atoms with Crippen LogP contribution in [0.2, 0.25) is 0 Å². The largest absolute Gasteiger partial charge is 0.307 e. The van der Waals surface area contributed by atoms with Gasteiger partial charge < -0.3 is 5.32 Å². The Morgan fingerprint density at radius 2 is 1.34 bits per heavy atom. The number of benzene rings is 2. The van der Waals surface area contributed by atoms with Gasteiger partial charge in [-0.05, 0) is 109 Å². The molecule has 4 heteroatoms. The van der Waals surface area contributed by atoms with Gasteiger partial charge in [0.25, 0.3) is 0 Å². The highest BCUT2D eigenvalue weighted by Gasteiger charge is 2.46. The molecule has 0 amide bonds. The predicted octanol–water partition coefficient (Wildman–Crippen LogP) is 7.62. The molecule has 2 fully saturated rings. The normalized spacial score (nSPS) is 25.8. The zero-order valence-electron chi connectivity index (χ0n) is 21.1. The first-order valence-corrected chi connectivity index (χ1v) is 12.1. The third-order valence-electron chi connectivity index (χ3n) is 7.66. The Bertz CT molecular complexity index is 988. The fraction of sp³-hybridized carbons (Fsp3) is 0.643. The standard InChI is InChI=1S/C28H40F2N2/c1-25(2)14-21(15-26(3,4)31-25)23-12-10-19-13-18(9-11-22(19)24(23)29)20-16-27(5,6)32(30)28(7,8)17-20/h9-13,20-21,31H,14-17H2,1-8H3. The van der Waals surface area contributed by atoms with Crippen molar-refractivity contribution in [3.63, 3.8) is 0 Å². The SMILES string of the molecule is CC1(C)CC(c2ccc3cc(C4CC(C)(C)N(F)C(C)(C)C4)ccc3c2F)CC(C)(C)N1. The van der Waals surface area contributed by atoms with Crippen molar-refractivity contribution in [1.29, 1.82) is 0 Å². The maximum absolute atomic E-state index is 15.8. The zero-order valence-corrected chi connectivity index (χ0v) is 21.1. The van der Waals surface area contributed by atoms with Gasteiger partial charge in [0.15, 0.2) is 0 Å². The molecular formula is C28H40F2N2. The molecule has 0 radical (unpaired) electrons. The van der Waals surface area contributed by atoms with Crippen LogP contribution in [-0.4, -0.2) is 27.3 Å². The molecule has 2 aromatic carbocycles. The first kappa shape index (κ1) is 23.6. The van der Waals surface area contributed by atoms with Gasteiger partial charge in [0.1, 0.15) is 5.82 Å². The molecule has 2 aliphatic rings. The average molecular weight is 443 g/mol. The van der Waals surface area contributed by atoms with E-state index in [4.69, 9.17) is 0 Å². The summed E-state index contributed by atoms with van der Waals surface area (Å²) in [5.41, 5.74) is 0.922. The fourth-order valence-electron chi connectivity index (χ4n) is 6.93. The maximum atomic E-state index is 15.8. The molecule has 0 aromatic heterocycles. The van der Waals surface area contributed by atoms with Crippen molar-refractivity contribution in [2.75, 3.05) is 0 Å². The van der Waals surface area contributed by atoms with E-state index in [2.05, 4.69) is 51.2 Å². The molecule has 0 unspecified atom stereocenters. The molecule has 0 atom stereocenters. The summed E-state index contributed by atoms with van der Waals surface area (Å²) in [5.74, 6) is 0.373. The second-order valence-corrected chi connectivity index (χ2v) is 13.0. The van der Waals surface area contributed by atoms with Crippen molar-refractivity contribution in [3.05, 3.63) is 47.3 Å². The lowest BCUT2D eigenvalue weighted by atomic mass is 9.72. The quantitative estimate of drug-likeness (QED) is 0.481. The summed E-state index contributed by atoms with van der Waals surface area (Å²) < 4.78 is 30.6. The fourth-order valence-corrected chi connectivity index (χ4v) is 6.93. The van der Waals surface area contributed by atoms with Crippen LogP contribution in [-0.2, 0) is 0 Å². The molecule has 2 aromatic rings. The molecule has 0 bridgehead atoms. The first-order valence-electron chi connectivity index (χ1n) is 12.1. The molecule has 2 heterocycles. The molecule has 4 rings (SSSR count). The van der Waals surface area contributed by atoms with Gasteiger partial charge in [0.05, 0.1) is 0 Å². The summed E-state index contributed by atoms with van der Waals surface area (Å²) in [6.45, 7) is 16.7. The maximum Gasteiger partial charge on any atom is 0.134 e. The van der Waals surface area contributed by atoms with Crippen molar-refractivity contribution in [2.45, 2.75) is 115 Å². The Balaban J connectivity index is 1.68. The van der Waals surface area contributed by atoms with Crippen LogP contribution in [0.1, 0.15) is 104 Å². The van der Waals surface area contributed by atoms with Gasteiger partial charge in [-0.15, -0.1) is 9.60 Å². The molecule has 0 spiro atoms. The number of hydrogen-bond donors (Lipinski definition) is 1. The summed E-state index contributed by atoms with van der Waals surface area (Å²) in [6.07, 6.45) is 3.34. The molecule has 2 saturated heterocycles. The van der Waals surface area contributed by atoms with Gasteiger partial charge >= 0.3 is 0 Å². The summed E-state index contributed by atoms with van der Waals surface area (Å²) in [4.78, 5) is 0. The van der Waals surface area contributed by atoms with Gasteiger partial charge in [-0.3, -0.25) is 0 Å². The minimum Gasteiger partial charge on any atom is -0.307 e. The van der Waals surface area contributed by atoms with Crippen LogP contribution in [0.4, 0.5) is 8.87 Å². The first-order chi connectivity index (χ1) is 14.6. The Hall–Kier alpha value is -1.52. The highest BCUT2D eigenvalue weighted by Crippen LogP contribution is 2.47. The smallest absolute Gasteiger partial charge is 0.134 e. The highest BCUT2D eigenvalue weighted by molar-refractivity contribution is 5.85. The minimum atomic E-state index is -0.523. The number of nitrogens with one attached hydrogen (secondary N) is 1. The van der Waals surface area contributed by atoms with E-state index in [9.17, 15) is 4.48 Å². The highest BCUT2D eigenvalue weighted by atomic mass is 19.2. The van der Waals surface area contributed by atoms with Gasteiger partial charge in [-0.1, -0.05) is 30.3 Å². The van der Waals surface area contributed by atoms with Crippen LogP contribution >= 0.6 is 0 Å². The van der Waals surface area contributed by atoms with Crippen molar-refractivity contribution in [2.24, 2.45) is 0 Å². The number of nitrogens with zero attached hydrogens (tertiary/aromatic N) is 1. The van der Waals surface area contributed by atoms with E-state index in [-0.39, 0.29) is 28.7 Å². The minimum absolute atomic E-state index is 0.0252. The van der Waals surface area contributed by atoms with E-state index in [1.165, 1.54) is 5.56 Å². The number of piperidine rings is 2. The van der Waals surface area contributed by atoms with Crippen molar-refractivity contribution in [3.8, 4) is 0 Å². The third kappa shape index (κ3) is 4.33.